The summed E-state index contributed by atoms with van der Waals surface area (Å²) in [6.07, 6.45) is 1.84. The van der Waals surface area contributed by atoms with E-state index in [4.69, 9.17) is 9.97 Å². The van der Waals surface area contributed by atoms with E-state index in [0.717, 1.165) is 44.1 Å². The van der Waals surface area contributed by atoms with Gasteiger partial charge >= 0.3 is 18.9 Å². The maximum atomic E-state index is 12.7. The van der Waals surface area contributed by atoms with Gasteiger partial charge in [0.05, 0.1) is 16.7 Å². The zero-order valence-electron chi connectivity index (χ0n) is 18.8. The minimum absolute atomic E-state index is 0. The first-order chi connectivity index (χ1) is 16.3. The van der Waals surface area contributed by atoms with E-state index in [1.165, 1.54) is 0 Å². The molecular formula is C30H19LiN2O. The van der Waals surface area contributed by atoms with Gasteiger partial charge in [-0.2, -0.15) is 0 Å². The molecule has 0 aliphatic rings. The Bertz CT molecular complexity index is 1620. The summed E-state index contributed by atoms with van der Waals surface area (Å²) in [5, 5.41) is 14.7. The molecule has 0 aliphatic heterocycles. The summed E-state index contributed by atoms with van der Waals surface area (Å²) in [6, 6.07) is 35.9. The Balaban J connectivity index is 0.00000241. The van der Waals surface area contributed by atoms with E-state index < -0.39 is 0 Å². The standard InChI is InChI=1S/C30H20N2O.Li/c33-28-14-8-7-13-25(28)27-19-26(21-11-5-2-6-12-21)24-16-15-23-22(20-9-3-1-4-10-20)17-18-31-29(23)30(24)32-27;/h1-19,33H;/q;+1/p-1. The van der Waals surface area contributed by atoms with Crippen molar-refractivity contribution < 1.29 is 24.0 Å². The third-order valence-corrected chi connectivity index (χ3v) is 6.02. The van der Waals surface area contributed by atoms with Gasteiger partial charge in [0, 0.05) is 17.0 Å². The molecule has 0 unspecified atom stereocenters. The Morgan fingerprint density at radius 3 is 1.79 bits per heavy atom. The molecule has 6 aromatic rings. The molecule has 0 saturated heterocycles. The van der Waals surface area contributed by atoms with Gasteiger partial charge in [0.25, 0.3) is 0 Å². The summed E-state index contributed by atoms with van der Waals surface area (Å²) in [4.78, 5) is 9.74. The smallest absolute Gasteiger partial charge is 0.872 e. The molecule has 6 rings (SSSR count). The SMILES string of the molecule is [Li+].[O-]c1ccccc1-c1cc(-c2ccccc2)c2ccc3c(-c4ccccc4)ccnc3c2n1. The van der Waals surface area contributed by atoms with Crippen LogP contribution in [0.3, 0.4) is 0 Å². The van der Waals surface area contributed by atoms with E-state index >= 15 is 0 Å². The maximum absolute atomic E-state index is 12.7. The molecule has 2 aromatic heterocycles. The van der Waals surface area contributed by atoms with Gasteiger partial charge in [-0.3, -0.25) is 4.98 Å². The van der Waals surface area contributed by atoms with Gasteiger partial charge in [0.2, 0.25) is 0 Å². The van der Waals surface area contributed by atoms with Crippen LogP contribution >= 0.6 is 0 Å². The molecule has 0 atom stereocenters. The van der Waals surface area contributed by atoms with Crippen LogP contribution in [0.2, 0.25) is 0 Å². The molecular weight excluding hydrogens is 411 g/mol. The Kier molecular flexibility index (Phi) is 5.90. The van der Waals surface area contributed by atoms with E-state index in [1.54, 1.807) is 12.1 Å². The van der Waals surface area contributed by atoms with E-state index in [-0.39, 0.29) is 24.6 Å². The largest absolute Gasteiger partial charge is 1.00 e. The molecule has 0 saturated carbocycles. The first-order valence-corrected chi connectivity index (χ1v) is 10.9. The van der Waals surface area contributed by atoms with E-state index in [1.807, 2.05) is 66.9 Å². The number of hydrogen-bond donors (Lipinski definition) is 0. The molecule has 0 bridgehead atoms. The molecule has 0 spiro atoms. The summed E-state index contributed by atoms with van der Waals surface area (Å²) in [6.45, 7) is 0. The molecule has 4 aromatic carbocycles. The third-order valence-electron chi connectivity index (χ3n) is 6.02. The van der Waals surface area contributed by atoms with Gasteiger partial charge in [-0.25, -0.2) is 4.98 Å². The molecule has 3 nitrogen and oxygen atoms in total. The van der Waals surface area contributed by atoms with Gasteiger partial charge in [-0.1, -0.05) is 103 Å². The first kappa shape index (κ1) is 21.9. The summed E-state index contributed by atoms with van der Waals surface area (Å²) in [5.74, 6) is -0.0402. The minimum Gasteiger partial charge on any atom is -0.872 e. The van der Waals surface area contributed by atoms with E-state index in [9.17, 15) is 5.11 Å². The minimum atomic E-state index is -0.0402. The van der Waals surface area contributed by atoms with E-state index in [2.05, 4.69) is 36.4 Å². The molecule has 0 radical (unpaired) electrons. The quantitative estimate of drug-likeness (QED) is 0.317. The summed E-state index contributed by atoms with van der Waals surface area (Å²) in [7, 11) is 0. The first-order valence-electron chi connectivity index (χ1n) is 10.9. The molecule has 0 aliphatic carbocycles. The number of para-hydroxylation sites is 1. The Morgan fingerprint density at radius 2 is 1.12 bits per heavy atom. The van der Waals surface area contributed by atoms with Gasteiger partial charge in [-0.15, -0.1) is 0 Å². The van der Waals surface area contributed by atoms with Crippen molar-refractivity contribution >= 4 is 21.8 Å². The van der Waals surface area contributed by atoms with Gasteiger partial charge in [-0.05, 0) is 39.9 Å². The van der Waals surface area contributed by atoms with E-state index in [0.29, 0.717) is 11.3 Å². The number of fused-ring (bicyclic) bond motifs is 3. The fourth-order valence-corrected chi connectivity index (χ4v) is 4.44. The van der Waals surface area contributed by atoms with Crippen molar-refractivity contribution in [1.82, 2.24) is 9.97 Å². The second-order valence-corrected chi connectivity index (χ2v) is 8.00. The van der Waals surface area contributed by atoms with Crippen molar-refractivity contribution in [3.05, 3.63) is 115 Å². The summed E-state index contributed by atoms with van der Waals surface area (Å²) in [5.41, 5.74) is 7.23. The predicted octanol–water partition coefficient (Wildman–Crippen LogP) is 3.86. The second kappa shape index (κ2) is 9.15. The number of hydrogen-bond acceptors (Lipinski definition) is 3. The van der Waals surface area contributed by atoms with Crippen molar-refractivity contribution in [2.24, 2.45) is 0 Å². The number of rotatable bonds is 3. The maximum Gasteiger partial charge on any atom is 1.00 e. The van der Waals surface area contributed by atoms with Crippen molar-refractivity contribution in [1.29, 1.82) is 0 Å². The second-order valence-electron chi connectivity index (χ2n) is 8.00. The van der Waals surface area contributed by atoms with Crippen LogP contribution in [0.25, 0.3) is 55.3 Å². The van der Waals surface area contributed by atoms with Gasteiger partial charge < -0.3 is 5.11 Å². The predicted molar refractivity (Wildman–Crippen MR) is 133 cm³/mol. The fourth-order valence-electron chi connectivity index (χ4n) is 4.44. The summed E-state index contributed by atoms with van der Waals surface area (Å²) >= 11 is 0. The monoisotopic (exact) mass is 430 g/mol. The van der Waals surface area contributed by atoms with Crippen LogP contribution in [0.4, 0.5) is 0 Å². The molecule has 0 amide bonds. The van der Waals surface area contributed by atoms with Crippen LogP contribution in [0.15, 0.2) is 115 Å². The molecule has 4 heteroatoms. The van der Waals surface area contributed by atoms with Crippen molar-refractivity contribution in [2.75, 3.05) is 0 Å². The average Bonchev–Trinajstić information content (AvgIpc) is 2.89. The van der Waals surface area contributed by atoms with Crippen LogP contribution < -0.4 is 24.0 Å². The van der Waals surface area contributed by atoms with Gasteiger partial charge in [0.1, 0.15) is 0 Å². The zero-order valence-corrected chi connectivity index (χ0v) is 18.8. The molecule has 2 heterocycles. The average molecular weight is 430 g/mol. The number of benzene rings is 4. The van der Waals surface area contributed by atoms with Crippen molar-refractivity contribution in [3.8, 4) is 39.3 Å². The van der Waals surface area contributed by atoms with Gasteiger partial charge in [0.15, 0.2) is 0 Å². The van der Waals surface area contributed by atoms with Crippen LogP contribution in [-0.2, 0) is 0 Å². The van der Waals surface area contributed by atoms with Crippen LogP contribution in [0.5, 0.6) is 5.75 Å². The number of aromatic nitrogens is 2. The molecule has 0 fully saturated rings. The number of nitrogens with zero attached hydrogens (tertiary/aromatic N) is 2. The molecule has 34 heavy (non-hydrogen) atoms. The Morgan fingerprint density at radius 1 is 0.529 bits per heavy atom. The van der Waals surface area contributed by atoms with Crippen LogP contribution in [-0.4, -0.2) is 9.97 Å². The van der Waals surface area contributed by atoms with Crippen molar-refractivity contribution in [2.45, 2.75) is 0 Å². The summed E-state index contributed by atoms with van der Waals surface area (Å²) < 4.78 is 0. The normalized spacial score (nSPS) is 10.8. The number of pyridine rings is 2. The van der Waals surface area contributed by atoms with Crippen LogP contribution in [0, 0.1) is 0 Å². The van der Waals surface area contributed by atoms with Crippen LogP contribution in [0.1, 0.15) is 0 Å². The van der Waals surface area contributed by atoms with Crippen molar-refractivity contribution in [3.63, 3.8) is 0 Å². The fraction of sp³-hybridized carbons (Fsp3) is 0. The topological polar surface area (TPSA) is 48.8 Å². The molecule has 156 valence electrons. The molecule has 0 N–H and O–H groups in total. The zero-order chi connectivity index (χ0) is 22.2. The third kappa shape index (κ3) is 3.76. The Labute approximate surface area is 209 Å². The Hall–Kier alpha value is -3.90.